The van der Waals surface area contributed by atoms with E-state index >= 15 is 0 Å². The zero-order valence-corrected chi connectivity index (χ0v) is 21.2. The van der Waals surface area contributed by atoms with E-state index in [-0.39, 0.29) is 41.8 Å². The summed E-state index contributed by atoms with van der Waals surface area (Å²) in [6.45, 7) is 5.86. The topological polar surface area (TPSA) is 113 Å². The number of methoxy groups -OCH3 is 1. The highest BCUT2D eigenvalue weighted by atomic mass is 32.2. The minimum Gasteiger partial charge on any atom is -0.497 e. The first-order valence-electron chi connectivity index (χ1n) is 11.4. The van der Waals surface area contributed by atoms with E-state index in [4.69, 9.17) is 4.74 Å². The van der Waals surface area contributed by atoms with Crippen molar-refractivity contribution >= 4 is 27.7 Å². The van der Waals surface area contributed by atoms with Crippen molar-refractivity contribution in [1.29, 1.82) is 0 Å². The summed E-state index contributed by atoms with van der Waals surface area (Å²) in [5.41, 5.74) is 0.872. The highest BCUT2D eigenvalue weighted by molar-refractivity contribution is 7.90. The zero-order chi connectivity index (χ0) is 25.8. The second kappa shape index (κ2) is 10.9. The molecule has 1 heterocycles. The van der Waals surface area contributed by atoms with Crippen molar-refractivity contribution < 1.29 is 27.5 Å². The number of amides is 3. The largest absolute Gasteiger partial charge is 0.497 e. The minimum absolute atomic E-state index is 0.0611. The van der Waals surface area contributed by atoms with Gasteiger partial charge in [-0.25, -0.2) is 12.7 Å². The quantitative estimate of drug-likeness (QED) is 0.535. The van der Waals surface area contributed by atoms with Gasteiger partial charge in [0.05, 0.1) is 12.7 Å². The summed E-state index contributed by atoms with van der Waals surface area (Å²) in [7, 11) is -2.46. The van der Waals surface area contributed by atoms with Gasteiger partial charge >= 0.3 is 0 Å². The maximum atomic E-state index is 13.3. The number of carbonyl (C=O) groups excluding carboxylic acids is 3. The number of rotatable bonds is 10. The van der Waals surface area contributed by atoms with E-state index in [2.05, 4.69) is 5.32 Å². The molecule has 10 heteroatoms. The van der Waals surface area contributed by atoms with Crippen LogP contribution in [0.2, 0.25) is 0 Å². The molecule has 0 saturated carbocycles. The Hall–Kier alpha value is -3.40. The molecule has 1 aliphatic heterocycles. The number of nitrogens with zero attached hydrogens (tertiary/aromatic N) is 2. The van der Waals surface area contributed by atoms with Crippen LogP contribution in [0.3, 0.4) is 0 Å². The SMILES string of the molecule is COc1ccc(CN(C(=O)CCN2C(=O)c3ccccc3S2(=O)=O)C(C)C(=O)NCC(C)C)cc1. The van der Waals surface area contributed by atoms with Gasteiger partial charge in [0.1, 0.15) is 16.7 Å². The van der Waals surface area contributed by atoms with Crippen molar-refractivity contribution in [2.45, 2.75) is 44.7 Å². The molecule has 0 spiro atoms. The average Bonchev–Trinajstić information content (AvgIpc) is 3.04. The molecule has 9 nitrogen and oxygen atoms in total. The fraction of sp³-hybridized carbons (Fsp3) is 0.400. The Kier molecular flexibility index (Phi) is 8.16. The van der Waals surface area contributed by atoms with Crippen molar-refractivity contribution in [2.24, 2.45) is 5.92 Å². The van der Waals surface area contributed by atoms with Crippen molar-refractivity contribution in [2.75, 3.05) is 20.2 Å². The summed E-state index contributed by atoms with van der Waals surface area (Å²) in [5, 5.41) is 2.84. The summed E-state index contributed by atoms with van der Waals surface area (Å²) < 4.78 is 31.5. The molecule has 3 amide bonds. The normalized spacial score (nSPS) is 15.0. The Morgan fingerprint density at radius 1 is 1.06 bits per heavy atom. The van der Waals surface area contributed by atoms with E-state index in [0.29, 0.717) is 12.3 Å². The van der Waals surface area contributed by atoms with E-state index in [1.54, 1.807) is 50.4 Å². The molecule has 1 aliphatic rings. The first kappa shape index (κ1) is 26.2. The second-order valence-corrected chi connectivity index (χ2v) is 10.6. The van der Waals surface area contributed by atoms with Crippen LogP contribution < -0.4 is 10.1 Å². The van der Waals surface area contributed by atoms with Gasteiger partial charge in [-0.05, 0) is 42.7 Å². The fourth-order valence-electron chi connectivity index (χ4n) is 3.76. The van der Waals surface area contributed by atoms with Gasteiger partial charge in [0.25, 0.3) is 15.9 Å². The third-order valence-electron chi connectivity index (χ3n) is 5.80. The van der Waals surface area contributed by atoms with Crippen molar-refractivity contribution in [3.05, 3.63) is 59.7 Å². The van der Waals surface area contributed by atoms with Gasteiger partial charge in [0, 0.05) is 26.1 Å². The molecular weight excluding hydrogens is 470 g/mol. The van der Waals surface area contributed by atoms with Crippen molar-refractivity contribution in [1.82, 2.24) is 14.5 Å². The molecule has 2 aromatic carbocycles. The number of sulfonamides is 1. The lowest BCUT2D eigenvalue weighted by molar-refractivity contribution is -0.140. The number of carbonyl (C=O) groups is 3. The van der Waals surface area contributed by atoms with Crippen LogP contribution in [0.5, 0.6) is 5.75 Å². The van der Waals surface area contributed by atoms with Crippen LogP contribution in [0, 0.1) is 5.92 Å². The monoisotopic (exact) mass is 501 g/mol. The molecule has 0 aromatic heterocycles. The molecule has 0 saturated heterocycles. The molecule has 0 fully saturated rings. The highest BCUT2D eigenvalue weighted by Crippen LogP contribution is 2.30. The Balaban J connectivity index is 1.78. The lowest BCUT2D eigenvalue weighted by Gasteiger charge is -2.29. The van der Waals surface area contributed by atoms with Crippen LogP contribution in [0.25, 0.3) is 0 Å². The van der Waals surface area contributed by atoms with Gasteiger partial charge in [-0.3, -0.25) is 14.4 Å². The predicted octanol–water partition coefficient (Wildman–Crippen LogP) is 2.42. The smallest absolute Gasteiger partial charge is 0.269 e. The molecule has 1 N–H and O–H groups in total. The van der Waals surface area contributed by atoms with E-state index in [9.17, 15) is 22.8 Å². The van der Waals surface area contributed by atoms with E-state index < -0.39 is 27.9 Å². The molecule has 0 bridgehead atoms. The molecule has 2 aromatic rings. The summed E-state index contributed by atoms with van der Waals surface area (Å²) in [6, 6.07) is 12.3. The van der Waals surface area contributed by atoms with Gasteiger partial charge in [0.2, 0.25) is 11.8 Å². The van der Waals surface area contributed by atoms with Crippen LogP contribution in [0.1, 0.15) is 43.1 Å². The second-order valence-electron chi connectivity index (χ2n) is 8.81. The third kappa shape index (κ3) is 5.82. The number of fused-ring (bicyclic) bond motifs is 1. The molecule has 1 atom stereocenters. The molecule has 3 rings (SSSR count). The molecule has 35 heavy (non-hydrogen) atoms. The van der Waals surface area contributed by atoms with Crippen LogP contribution >= 0.6 is 0 Å². The average molecular weight is 502 g/mol. The van der Waals surface area contributed by atoms with Crippen LogP contribution in [-0.4, -0.2) is 61.6 Å². The Labute approximate surface area is 206 Å². The van der Waals surface area contributed by atoms with Crippen molar-refractivity contribution in [3.63, 3.8) is 0 Å². The standard InChI is InChI=1S/C25H31N3O6S/c1-17(2)15-26-24(30)18(3)27(16-19-9-11-20(34-4)12-10-19)23(29)13-14-28-25(31)21-7-5-6-8-22(21)35(28,32)33/h5-12,17-18H,13-16H2,1-4H3,(H,26,30). The zero-order valence-electron chi connectivity index (χ0n) is 20.4. The Morgan fingerprint density at radius 3 is 2.31 bits per heavy atom. The van der Waals surface area contributed by atoms with Gasteiger partial charge in [0.15, 0.2) is 0 Å². The lowest BCUT2D eigenvalue weighted by atomic mass is 10.1. The van der Waals surface area contributed by atoms with E-state index in [1.807, 2.05) is 13.8 Å². The van der Waals surface area contributed by atoms with Crippen molar-refractivity contribution in [3.8, 4) is 5.75 Å². The number of hydrogen-bond acceptors (Lipinski definition) is 6. The Bertz CT molecular complexity index is 1190. The first-order chi connectivity index (χ1) is 16.6. The first-order valence-corrected chi connectivity index (χ1v) is 12.9. The van der Waals surface area contributed by atoms with E-state index in [1.165, 1.54) is 17.0 Å². The predicted molar refractivity (Wildman–Crippen MR) is 130 cm³/mol. The maximum absolute atomic E-state index is 13.3. The summed E-state index contributed by atoms with van der Waals surface area (Å²) in [6.07, 6.45) is -0.253. The van der Waals surface area contributed by atoms with Gasteiger partial charge in [-0.2, -0.15) is 0 Å². The van der Waals surface area contributed by atoms with Gasteiger partial charge in [-0.1, -0.05) is 38.1 Å². The van der Waals surface area contributed by atoms with Gasteiger partial charge < -0.3 is 15.0 Å². The minimum atomic E-state index is -4.02. The number of nitrogens with one attached hydrogen (secondary N) is 1. The lowest BCUT2D eigenvalue weighted by Crippen LogP contribution is -2.49. The Morgan fingerprint density at radius 2 is 1.71 bits per heavy atom. The molecule has 188 valence electrons. The summed E-state index contributed by atoms with van der Waals surface area (Å²) in [5.74, 6) is -0.501. The number of benzene rings is 2. The summed E-state index contributed by atoms with van der Waals surface area (Å²) in [4.78, 5) is 40.1. The van der Waals surface area contributed by atoms with Crippen LogP contribution in [-0.2, 0) is 26.2 Å². The number of ether oxygens (including phenoxy) is 1. The molecular formula is C25H31N3O6S. The molecule has 0 radical (unpaired) electrons. The molecule has 1 unspecified atom stereocenters. The van der Waals surface area contributed by atoms with E-state index in [0.717, 1.165) is 9.87 Å². The van der Waals surface area contributed by atoms with Crippen LogP contribution in [0.4, 0.5) is 0 Å². The number of hydrogen-bond donors (Lipinski definition) is 1. The maximum Gasteiger partial charge on any atom is 0.269 e. The van der Waals surface area contributed by atoms with Crippen LogP contribution in [0.15, 0.2) is 53.4 Å². The highest BCUT2D eigenvalue weighted by Gasteiger charge is 2.41. The molecule has 0 aliphatic carbocycles. The third-order valence-corrected chi connectivity index (χ3v) is 7.65. The fourth-order valence-corrected chi connectivity index (χ4v) is 5.33. The van der Waals surface area contributed by atoms with Gasteiger partial charge in [-0.15, -0.1) is 0 Å². The summed E-state index contributed by atoms with van der Waals surface area (Å²) >= 11 is 0.